The molecule has 0 saturated heterocycles. The molecular weight excluding hydrogens is 259 g/mol. The molecule has 0 fully saturated rings. The molecule has 3 nitrogen and oxygen atoms in total. The Morgan fingerprint density at radius 1 is 1.11 bits per heavy atom. The van der Waals surface area contributed by atoms with Crippen molar-refractivity contribution in [2.24, 2.45) is 0 Å². The normalized spacial score (nSPS) is 10.3. The second kappa shape index (κ2) is 5.09. The number of hydrogen-bond donors (Lipinski definition) is 0. The molecule has 0 N–H and O–H groups in total. The van der Waals surface area contributed by atoms with E-state index in [1.165, 1.54) is 25.4 Å². The van der Waals surface area contributed by atoms with Crippen LogP contribution >= 0.6 is 0 Å². The van der Waals surface area contributed by atoms with Gasteiger partial charge in [-0.1, -0.05) is 0 Å². The van der Waals surface area contributed by atoms with Crippen LogP contribution in [0.5, 0.6) is 5.88 Å². The van der Waals surface area contributed by atoms with E-state index < -0.39 is 28.8 Å². The largest absolute Gasteiger partial charge is 0.480 e. The predicted molar refractivity (Wildman–Crippen MR) is 60.5 cm³/mol. The number of benzene rings is 1. The maximum Gasteiger partial charge on any atom is 0.224 e. The van der Waals surface area contributed by atoms with E-state index in [1.807, 2.05) is 0 Å². The van der Waals surface area contributed by atoms with Crippen LogP contribution in [0.25, 0.3) is 0 Å². The highest BCUT2D eigenvalue weighted by molar-refractivity contribution is 6.10. The molecule has 0 aliphatic carbocycles. The van der Waals surface area contributed by atoms with Gasteiger partial charge in [0.15, 0.2) is 17.5 Å². The van der Waals surface area contributed by atoms with Gasteiger partial charge < -0.3 is 4.74 Å². The van der Waals surface area contributed by atoms with E-state index in [0.29, 0.717) is 6.07 Å². The Bertz CT molecular complexity index is 644. The van der Waals surface area contributed by atoms with Crippen molar-refractivity contribution in [3.05, 3.63) is 59.0 Å². The fourth-order valence-corrected chi connectivity index (χ4v) is 1.57. The molecule has 98 valence electrons. The highest BCUT2D eigenvalue weighted by Gasteiger charge is 2.22. The third-order valence-corrected chi connectivity index (χ3v) is 2.49. The van der Waals surface area contributed by atoms with Gasteiger partial charge >= 0.3 is 0 Å². The number of carbonyl (C=O) groups excluding carboxylic acids is 1. The molecule has 1 heterocycles. The molecule has 0 radical (unpaired) electrons. The van der Waals surface area contributed by atoms with E-state index in [2.05, 4.69) is 4.98 Å². The van der Waals surface area contributed by atoms with E-state index in [4.69, 9.17) is 4.74 Å². The van der Waals surface area contributed by atoms with Crippen LogP contribution in [0.3, 0.4) is 0 Å². The van der Waals surface area contributed by atoms with Gasteiger partial charge in [0.05, 0.1) is 18.2 Å². The molecule has 1 aromatic heterocycles. The van der Waals surface area contributed by atoms with Crippen molar-refractivity contribution < 1.29 is 22.7 Å². The summed E-state index contributed by atoms with van der Waals surface area (Å²) in [7, 11) is 1.29. The number of ketones is 1. The smallest absolute Gasteiger partial charge is 0.224 e. The molecular formula is C13H8F3NO2. The molecule has 2 rings (SSSR count). The monoisotopic (exact) mass is 267 g/mol. The molecule has 0 spiro atoms. The molecule has 6 heteroatoms. The zero-order chi connectivity index (χ0) is 14.0. The third-order valence-electron chi connectivity index (χ3n) is 2.49. The average molecular weight is 267 g/mol. The number of rotatable bonds is 3. The lowest BCUT2D eigenvalue weighted by molar-refractivity contribution is 0.103. The SMILES string of the molecule is COc1ncccc1C(=O)c1ccc(F)c(F)c1F. The van der Waals surface area contributed by atoms with E-state index in [-0.39, 0.29) is 11.4 Å². The van der Waals surface area contributed by atoms with Gasteiger partial charge in [-0.3, -0.25) is 4.79 Å². The molecule has 2 aromatic rings. The van der Waals surface area contributed by atoms with Gasteiger partial charge in [-0.25, -0.2) is 18.2 Å². The fraction of sp³-hybridized carbons (Fsp3) is 0.0769. The number of ether oxygens (including phenoxy) is 1. The van der Waals surface area contributed by atoms with Crippen LogP contribution in [0, 0.1) is 17.5 Å². The lowest BCUT2D eigenvalue weighted by Crippen LogP contribution is -2.09. The van der Waals surface area contributed by atoms with Crippen molar-refractivity contribution >= 4 is 5.78 Å². The first-order valence-corrected chi connectivity index (χ1v) is 5.23. The van der Waals surface area contributed by atoms with Crippen LogP contribution in [0.2, 0.25) is 0 Å². The molecule has 0 atom stereocenters. The number of aromatic nitrogens is 1. The fourth-order valence-electron chi connectivity index (χ4n) is 1.57. The average Bonchev–Trinajstić information content (AvgIpc) is 2.44. The Morgan fingerprint density at radius 3 is 2.53 bits per heavy atom. The van der Waals surface area contributed by atoms with E-state index in [1.54, 1.807) is 0 Å². The van der Waals surface area contributed by atoms with Gasteiger partial charge in [0.2, 0.25) is 11.7 Å². The summed E-state index contributed by atoms with van der Waals surface area (Å²) in [6.07, 6.45) is 1.39. The number of hydrogen-bond acceptors (Lipinski definition) is 3. The van der Waals surface area contributed by atoms with Gasteiger partial charge in [-0.15, -0.1) is 0 Å². The summed E-state index contributed by atoms with van der Waals surface area (Å²) < 4.78 is 44.3. The van der Waals surface area contributed by atoms with Gasteiger partial charge in [0.1, 0.15) is 0 Å². The van der Waals surface area contributed by atoms with Crippen LogP contribution in [0.15, 0.2) is 30.5 Å². The van der Waals surface area contributed by atoms with Crippen molar-refractivity contribution in [3.8, 4) is 5.88 Å². The minimum absolute atomic E-state index is 0.0170. The van der Waals surface area contributed by atoms with Crippen LogP contribution in [0.4, 0.5) is 13.2 Å². The van der Waals surface area contributed by atoms with Gasteiger partial charge in [0.25, 0.3) is 0 Å². The minimum atomic E-state index is -1.69. The first-order chi connectivity index (χ1) is 9.06. The second-order valence-electron chi connectivity index (χ2n) is 3.61. The van der Waals surface area contributed by atoms with Crippen molar-refractivity contribution in [1.82, 2.24) is 4.98 Å². The van der Waals surface area contributed by atoms with Crippen molar-refractivity contribution in [2.45, 2.75) is 0 Å². The first kappa shape index (κ1) is 13.1. The van der Waals surface area contributed by atoms with Crippen molar-refractivity contribution in [3.63, 3.8) is 0 Å². The van der Waals surface area contributed by atoms with E-state index in [0.717, 1.165) is 6.07 Å². The maximum atomic E-state index is 13.5. The summed E-state index contributed by atoms with van der Waals surface area (Å²) in [5, 5.41) is 0. The summed E-state index contributed by atoms with van der Waals surface area (Å²) >= 11 is 0. The van der Waals surface area contributed by atoms with Gasteiger partial charge in [-0.2, -0.15) is 0 Å². The van der Waals surface area contributed by atoms with E-state index >= 15 is 0 Å². The number of carbonyl (C=O) groups is 1. The lowest BCUT2D eigenvalue weighted by atomic mass is 10.0. The molecule has 19 heavy (non-hydrogen) atoms. The lowest BCUT2D eigenvalue weighted by Gasteiger charge is -2.07. The molecule has 0 amide bonds. The Morgan fingerprint density at radius 2 is 1.84 bits per heavy atom. The van der Waals surface area contributed by atoms with Crippen LogP contribution in [-0.4, -0.2) is 17.9 Å². The standard InChI is InChI=1S/C13H8F3NO2/c1-19-13-8(3-2-6-17-13)12(18)7-4-5-9(14)11(16)10(7)15/h2-6H,1H3. The molecule has 0 saturated carbocycles. The second-order valence-corrected chi connectivity index (χ2v) is 3.61. The van der Waals surface area contributed by atoms with Gasteiger partial charge in [0, 0.05) is 6.20 Å². The number of methoxy groups -OCH3 is 1. The van der Waals surface area contributed by atoms with E-state index in [9.17, 15) is 18.0 Å². The Labute approximate surface area is 106 Å². The summed E-state index contributed by atoms with van der Waals surface area (Å²) in [5.74, 6) is -5.42. The summed E-state index contributed by atoms with van der Waals surface area (Å²) in [4.78, 5) is 15.8. The maximum absolute atomic E-state index is 13.5. The number of nitrogens with zero attached hydrogens (tertiary/aromatic N) is 1. The van der Waals surface area contributed by atoms with Crippen LogP contribution in [0.1, 0.15) is 15.9 Å². The molecule has 1 aromatic carbocycles. The highest BCUT2D eigenvalue weighted by atomic mass is 19.2. The quantitative estimate of drug-likeness (QED) is 0.634. The van der Waals surface area contributed by atoms with Crippen molar-refractivity contribution in [2.75, 3.05) is 7.11 Å². The van der Waals surface area contributed by atoms with Crippen molar-refractivity contribution in [1.29, 1.82) is 0 Å². The Hall–Kier alpha value is -2.37. The minimum Gasteiger partial charge on any atom is -0.480 e. The van der Waals surface area contributed by atoms with Gasteiger partial charge in [-0.05, 0) is 24.3 Å². The summed E-state index contributed by atoms with van der Waals surface area (Å²) in [6.45, 7) is 0. The zero-order valence-electron chi connectivity index (χ0n) is 9.78. The molecule has 0 aliphatic heterocycles. The first-order valence-electron chi connectivity index (χ1n) is 5.23. The molecule has 0 aliphatic rings. The topological polar surface area (TPSA) is 39.2 Å². The van der Waals surface area contributed by atoms with Crippen LogP contribution in [-0.2, 0) is 0 Å². The number of halogens is 3. The third kappa shape index (κ3) is 2.29. The Balaban J connectivity index is 2.54. The Kier molecular flexibility index (Phi) is 3.50. The summed E-state index contributed by atoms with van der Waals surface area (Å²) in [6, 6.07) is 4.37. The summed E-state index contributed by atoms with van der Waals surface area (Å²) in [5.41, 5.74) is -0.611. The molecule has 0 unspecified atom stereocenters. The zero-order valence-corrected chi connectivity index (χ0v) is 9.78. The molecule has 0 bridgehead atoms. The predicted octanol–water partition coefficient (Wildman–Crippen LogP) is 2.74. The van der Waals surface area contributed by atoms with Crippen LogP contribution < -0.4 is 4.74 Å². The highest BCUT2D eigenvalue weighted by Crippen LogP contribution is 2.22. The number of pyridine rings is 1.